The number of hydrogen-bond donors (Lipinski definition) is 1. The third-order valence-corrected chi connectivity index (χ3v) is 4.65. The first-order valence-electron chi connectivity index (χ1n) is 9.44. The van der Waals surface area contributed by atoms with Crippen molar-refractivity contribution in [3.63, 3.8) is 0 Å². The van der Waals surface area contributed by atoms with Gasteiger partial charge in [-0.15, -0.1) is 0 Å². The van der Waals surface area contributed by atoms with Crippen molar-refractivity contribution < 1.29 is 19.1 Å². The van der Waals surface area contributed by atoms with Crippen molar-refractivity contribution in [2.75, 3.05) is 5.32 Å². The molecule has 154 valence electrons. The van der Waals surface area contributed by atoms with Crippen molar-refractivity contribution in [3.8, 4) is 11.5 Å². The Morgan fingerprint density at radius 1 is 0.933 bits per heavy atom. The molecule has 0 aromatic heterocycles. The van der Waals surface area contributed by atoms with Crippen molar-refractivity contribution in [1.29, 1.82) is 0 Å². The molecule has 1 atom stereocenters. The Morgan fingerprint density at radius 3 is 2.23 bits per heavy atom. The largest absolute Gasteiger partial charge is 0.479 e. The maximum absolute atomic E-state index is 12.4. The second-order valence-electron chi connectivity index (χ2n) is 6.94. The van der Waals surface area contributed by atoms with Crippen molar-refractivity contribution in [2.45, 2.75) is 26.9 Å². The molecule has 0 bridgehead atoms. The van der Waals surface area contributed by atoms with Gasteiger partial charge in [0, 0.05) is 16.3 Å². The zero-order valence-electron chi connectivity index (χ0n) is 16.9. The molecule has 30 heavy (non-hydrogen) atoms. The van der Waals surface area contributed by atoms with E-state index >= 15 is 0 Å². The molecule has 5 nitrogen and oxygen atoms in total. The van der Waals surface area contributed by atoms with Gasteiger partial charge in [0.15, 0.2) is 6.10 Å². The van der Waals surface area contributed by atoms with E-state index in [1.54, 1.807) is 49.4 Å². The van der Waals surface area contributed by atoms with Crippen molar-refractivity contribution in [3.05, 3.63) is 88.4 Å². The summed E-state index contributed by atoms with van der Waals surface area (Å²) >= 11 is 5.93. The van der Waals surface area contributed by atoms with Gasteiger partial charge >= 0.3 is 5.97 Å². The number of esters is 1. The number of nitrogens with one attached hydrogen (secondary N) is 1. The number of carbonyl (C=O) groups excluding carboxylic acids is 2. The van der Waals surface area contributed by atoms with Gasteiger partial charge in [0.1, 0.15) is 11.5 Å². The predicted octanol–water partition coefficient (Wildman–Crippen LogP) is 5.58. The lowest BCUT2D eigenvalue weighted by Gasteiger charge is -2.15. The van der Waals surface area contributed by atoms with Gasteiger partial charge in [0.25, 0.3) is 5.91 Å². The Labute approximate surface area is 180 Å². The summed E-state index contributed by atoms with van der Waals surface area (Å²) in [6.45, 7) is 5.44. The van der Waals surface area contributed by atoms with E-state index in [0.29, 0.717) is 27.8 Å². The Kier molecular flexibility index (Phi) is 6.75. The summed E-state index contributed by atoms with van der Waals surface area (Å²) in [5.41, 5.74) is 3.11. The van der Waals surface area contributed by atoms with E-state index in [-0.39, 0.29) is 5.91 Å². The van der Waals surface area contributed by atoms with Crippen molar-refractivity contribution >= 4 is 29.2 Å². The van der Waals surface area contributed by atoms with Gasteiger partial charge in [-0.2, -0.15) is 0 Å². The molecule has 1 N–H and O–H groups in total. The minimum atomic E-state index is -0.811. The Morgan fingerprint density at radius 2 is 1.60 bits per heavy atom. The van der Waals surface area contributed by atoms with Gasteiger partial charge in [-0.1, -0.05) is 29.3 Å². The molecular formula is C24H22ClNO4. The smallest absolute Gasteiger partial charge is 0.352 e. The highest BCUT2D eigenvalue weighted by atomic mass is 35.5. The summed E-state index contributed by atoms with van der Waals surface area (Å²) in [6, 6.07) is 19.0. The normalized spacial score (nSPS) is 11.5. The number of amides is 1. The fraction of sp³-hybridized carbons (Fsp3) is 0.167. The topological polar surface area (TPSA) is 64.6 Å². The maximum Gasteiger partial charge on any atom is 0.352 e. The molecule has 0 radical (unpaired) electrons. The monoisotopic (exact) mass is 423 g/mol. The van der Waals surface area contributed by atoms with Crippen molar-refractivity contribution in [2.24, 2.45) is 0 Å². The quantitative estimate of drug-likeness (QED) is 0.415. The lowest BCUT2D eigenvalue weighted by Crippen LogP contribution is -2.28. The highest BCUT2D eigenvalue weighted by Gasteiger charge is 2.18. The van der Waals surface area contributed by atoms with E-state index in [4.69, 9.17) is 21.1 Å². The summed E-state index contributed by atoms with van der Waals surface area (Å²) in [4.78, 5) is 24.7. The zero-order chi connectivity index (χ0) is 21.7. The molecule has 0 saturated heterocycles. The molecule has 0 aliphatic carbocycles. The number of hydrogen-bond acceptors (Lipinski definition) is 4. The molecule has 6 heteroatoms. The third-order valence-electron chi connectivity index (χ3n) is 4.42. The first-order valence-corrected chi connectivity index (χ1v) is 9.82. The SMILES string of the molecule is Cc1ccc(NC(=O)c2ccc(OC(=O)[C@@H](C)Oc3ccc(Cl)cc3C)cc2)cc1. The first-order chi connectivity index (χ1) is 14.3. The van der Waals surface area contributed by atoms with Crippen LogP contribution in [0, 0.1) is 13.8 Å². The first kappa shape index (κ1) is 21.4. The molecule has 0 heterocycles. The number of rotatable bonds is 6. The Hall–Kier alpha value is -3.31. The number of aryl methyl sites for hydroxylation is 2. The van der Waals surface area contributed by atoms with Crippen LogP contribution >= 0.6 is 11.6 Å². The van der Waals surface area contributed by atoms with Crippen LogP contribution in [0.3, 0.4) is 0 Å². The van der Waals surface area contributed by atoms with Gasteiger partial charge in [-0.3, -0.25) is 4.79 Å². The summed E-state index contributed by atoms with van der Waals surface area (Å²) in [5.74, 6) is 0.106. The molecule has 0 aliphatic heterocycles. The summed E-state index contributed by atoms with van der Waals surface area (Å²) in [6.07, 6.45) is -0.811. The standard InChI is InChI=1S/C24H22ClNO4/c1-15-4-9-20(10-5-15)26-23(27)18-6-11-21(12-7-18)30-24(28)17(3)29-22-13-8-19(25)14-16(22)2/h4-14,17H,1-3H3,(H,26,27)/t17-/m1/s1. The van der Waals surface area contributed by atoms with Gasteiger partial charge in [-0.05, 0) is 80.9 Å². The molecular weight excluding hydrogens is 402 g/mol. The van der Waals surface area contributed by atoms with Crippen LogP contribution in [0.15, 0.2) is 66.7 Å². The summed E-state index contributed by atoms with van der Waals surface area (Å²) in [7, 11) is 0. The number of carbonyl (C=O) groups is 2. The Bertz CT molecular complexity index is 1050. The predicted molar refractivity (Wildman–Crippen MR) is 117 cm³/mol. The van der Waals surface area contributed by atoms with Gasteiger partial charge in [-0.25, -0.2) is 4.79 Å². The lowest BCUT2D eigenvalue weighted by molar-refractivity contribution is -0.141. The minimum Gasteiger partial charge on any atom is -0.479 e. The number of benzene rings is 3. The number of anilines is 1. The summed E-state index contributed by atoms with van der Waals surface area (Å²) < 4.78 is 11.0. The second-order valence-corrected chi connectivity index (χ2v) is 7.37. The molecule has 1 amide bonds. The van der Waals surface area contributed by atoms with Crippen LogP contribution in [0.25, 0.3) is 0 Å². The average molecular weight is 424 g/mol. The molecule has 0 spiro atoms. The zero-order valence-corrected chi connectivity index (χ0v) is 17.7. The van der Waals surface area contributed by atoms with Gasteiger partial charge in [0.2, 0.25) is 0 Å². The van der Waals surface area contributed by atoms with Gasteiger partial charge < -0.3 is 14.8 Å². The molecule has 0 unspecified atom stereocenters. The average Bonchev–Trinajstić information content (AvgIpc) is 2.72. The highest BCUT2D eigenvalue weighted by molar-refractivity contribution is 6.30. The Balaban J connectivity index is 1.58. The number of ether oxygens (including phenoxy) is 2. The van der Waals surface area contributed by atoms with E-state index in [1.807, 2.05) is 38.1 Å². The van der Waals surface area contributed by atoms with E-state index < -0.39 is 12.1 Å². The lowest BCUT2D eigenvalue weighted by atomic mass is 10.2. The molecule has 3 rings (SSSR count). The summed E-state index contributed by atoms with van der Waals surface area (Å²) in [5, 5.41) is 3.42. The van der Waals surface area contributed by atoms with Crippen LogP contribution in [0.5, 0.6) is 11.5 Å². The fourth-order valence-electron chi connectivity index (χ4n) is 2.70. The molecule has 3 aromatic carbocycles. The molecule has 0 saturated carbocycles. The third kappa shape index (κ3) is 5.61. The van der Waals surface area contributed by atoms with Crippen molar-refractivity contribution in [1.82, 2.24) is 0 Å². The highest BCUT2D eigenvalue weighted by Crippen LogP contribution is 2.23. The van der Waals surface area contributed by atoms with E-state index in [9.17, 15) is 9.59 Å². The second kappa shape index (κ2) is 9.46. The minimum absolute atomic E-state index is 0.244. The van der Waals surface area contributed by atoms with E-state index in [1.165, 1.54) is 0 Å². The molecule has 0 fully saturated rings. The van der Waals surface area contributed by atoms with Gasteiger partial charge in [0.05, 0.1) is 0 Å². The van der Waals surface area contributed by atoms with E-state index in [0.717, 1.165) is 11.1 Å². The van der Waals surface area contributed by atoms with Crippen LogP contribution in [0.2, 0.25) is 5.02 Å². The van der Waals surface area contributed by atoms with Crippen LogP contribution in [-0.2, 0) is 4.79 Å². The fourth-order valence-corrected chi connectivity index (χ4v) is 2.92. The van der Waals surface area contributed by atoms with Crippen LogP contribution in [0.1, 0.15) is 28.4 Å². The van der Waals surface area contributed by atoms with E-state index in [2.05, 4.69) is 5.32 Å². The molecule has 3 aromatic rings. The van der Waals surface area contributed by atoms with Crippen LogP contribution < -0.4 is 14.8 Å². The molecule has 0 aliphatic rings. The number of halogens is 1. The van der Waals surface area contributed by atoms with Crippen LogP contribution in [0.4, 0.5) is 5.69 Å². The van der Waals surface area contributed by atoms with Crippen LogP contribution in [-0.4, -0.2) is 18.0 Å². The maximum atomic E-state index is 12.4.